The molecule has 1 atom stereocenters. The zero-order valence-electron chi connectivity index (χ0n) is 8.75. The van der Waals surface area contributed by atoms with Crippen molar-refractivity contribution in [1.82, 2.24) is 5.43 Å². The van der Waals surface area contributed by atoms with Gasteiger partial charge in [0.2, 0.25) is 0 Å². The number of rotatable bonds is 6. The normalized spacial score (nSPS) is 29.8. The lowest BCUT2D eigenvalue weighted by Gasteiger charge is -2.36. The molecule has 1 fully saturated rings. The average Bonchev–Trinajstić information content (AvgIpc) is 2.09. The van der Waals surface area contributed by atoms with E-state index in [1.165, 1.54) is 19.3 Å². The van der Waals surface area contributed by atoms with Gasteiger partial charge in [-0.2, -0.15) is 0 Å². The summed E-state index contributed by atoms with van der Waals surface area (Å²) in [5, 5.41) is 0. The van der Waals surface area contributed by atoms with Crippen LogP contribution in [0.2, 0.25) is 0 Å². The summed E-state index contributed by atoms with van der Waals surface area (Å²) in [6.45, 7) is 5.08. The number of nitrogens with two attached hydrogens (primary N) is 1. The molecule has 1 unspecified atom stereocenters. The lowest BCUT2D eigenvalue weighted by atomic mass is 9.78. The molecule has 1 aliphatic carbocycles. The molecular formula is C10H22N2O. The first-order valence-electron chi connectivity index (χ1n) is 5.37. The Morgan fingerprint density at radius 1 is 1.46 bits per heavy atom. The van der Waals surface area contributed by atoms with Crippen molar-refractivity contribution in [2.45, 2.75) is 51.7 Å². The summed E-state index contributed by atoms with van der Waals surface area (Å²) in [6, 6.07) is 0.493. The molecule has 0 radical (unpaired) electrons. The molecule has 0 bridgehead atoms. The summed E-state index contributed by atoms with van der Waals surface area (Å²) in [5.74, 6) is 6.25. The van der Waals surface area contributed by atoms with Gasteiger partial charge in [-0.05, 0) is 38.5 Å². The van der Waals surface area contributed by atoms with Gasteiger partial charge in [0.15, 0.2) is 0 Å². The average molecular weight is 186 g/mol. The minimum Gasteiger partial charge on any atom is -0.378 e. The van der Waals surface area contributed by atoms with Gasteiger partial charge in [0.1, 0.15) is 0 Å². The van der Waals surface area contributed by atoms with Gasteiger partial charge in [0.25, 0.3) is 0 Å². The van der Waals surface area contributed by atoms with Crippen molar-refractivity contribution in [2.24, 2.45) is 11.8 Å². The molecule has 3 N–H and O–H groups in total. The molecule has 0 aliphatic heterocycles. The van der Waals surface area contributed by atoms with E-state index in [4.69, 9.17) is 10.6 Å². The predicted octanol–water partition coefficient (Wildman–Crippen LogP) is 1.43. The van der Waals surface area contributed by atoms with Crippen LogP contribution in [0.1, 0.15) is 39.5 Å². The molecular weight excluding hydrogens is 164 g/mol. The highest BCUT2D eigenvalue weighted by molar-refractivity contribution is 4.83. The minimum absolute atomic E-state index is 0.493. The largest absolute Gasteiger partial charge is 0.378 e. The van der Waals surface area contributed by atoms with Crippen LogP contribution in [-0.4, -0.2) is 18.8 Å². The van der Waals surface area contributed by atoms with Gasteiger partial charge in [0, 0.05) is 12.6 Å². The maximum atomic E-state index is 5.51. The van der Waals surface area contributed by atoms with Crippen LogP contribution in [0.4, 0.5) is 0 Å². The Bertz CT molecular complexity index is 131. The van der Waals surface area contributed by atoms with Crippen LogP contribution in [0, 0.1) is 5.92 Å². The van der Waals surface area contributed by atoms with E-state index in [2.05, 4.69) is 19.3 Å². The third-order valence-electron chi connectivity index (χ3n) is 2.94. The van der Waals surface area contributed by atoms with Gasteiger partial charge in [-0.25, -0.2) is 0 Å². The van der Waals surface area contributed by atoms with Crippen molar-refractivity contribution >= 4 is 0 Å². The predicted molar refractivity (Wildman–Crippen MR) is 54.2 cm³/mol. The second-order valence-corrected chi connectivity index (χ2v) is 3.92. The molecule has 78 valence electrons. The minimum atomic E-state index is 0.493. The smallest absolute Gasteiger partial charge is 0.0580 e. The van der Waals surface area contributed by atoms with E-state index in [0.29, 0.717) is 12.1 Å². The molecule has 0 heterocycles. The number of ether oxygens (including phenoxy) is 1. The second kappa shape index (κ2) is 5.58. The molecule has 1 rings (SSSR count). The van der Waals surface area contributed by atoms with Gasteiger partial charge < -0.3 is 4.74 Å². The number of hydrogen-bond donors (Lipinski definition) is 2. The molecule has 0 spiro atoms. The standard InChI is InChI=1S/C10H22N2O/c1-3-9(12-11)5-8-6-10(7-8)13-4-2/h8-10,12H,3-7,11H2,1-2H3. The zero-order chi connectivity index (χ0) is 9.68. The maximum Gasteiger partial charge on any atom is 0.0580 e. The van der Waals surface area contributed by atoms with E-state index in [0.717, 1.165) is 18.9 Å². The fourth-order valence-corrected chi connectivity index (χ4v) is 1.99. The van der Waals surface area contributed by atoms with Gasteiger partial charge in [0.05, 0.1) is 6.10 Å². The van der Waals surface area contributed by atoms with E-state index in [1.54, 1.807) is 0 Å². The fraction of sp³-hybridized carbons (Fsp3) is 1.00. The second-order valence-electron chi connectivity index (χ2n) is 3.92. The van der Waals surface area contributed by atoms with Crippen molar-refractivity contribution in [3.63, 3.8) is 0 Å². The van der Waals surface area contributed by atoms with Crippen molar-refractivity contribution in [3.8, 4) is 0 Å². The van der Waals surface area contributed by atoms with Crippen LogP contribution in [0.15, 0.2) is 0 Å². The van der Waals surface area contributed by atoms with Crippen LogP contribution >= 0.6 is 0 Å². The van der Waals surface area contributed by atoms with Gasteiger partial charge >= 0.3 is 0 Å². The van der Waals surface area contributed by atoms with Crippen molar-refractivity contribution in [3.05, 3.63) is 0 Å². The first-order valence-corrected chi connectivity index (χ1v) is 5.37. The lowest BCUT2D eigenvalue weighted by Crippen LogP contribution is -2.40. The highest BCUT2D eigenvalue weighted by atomic mass is 16.5. The summed E-state index contributed by atoms with van der Waals surface area (Å²) < 4.78 is 5.51. The number of nitrogens with one attached hydrogen (secondary N) is 1. The molecule has 0 aromatic carbocycles. The van der Waals surface area contributed by atoms with E-state index < -0.39 is 0 Å². The Hall–Kier alpha value is -0.120. The molecule has 3 nitrogen and oxygen atoms in total. The van der Waals surface area contributed by atoms with Crippen molar-refractivity contribution in [2.75, 3.05) is 6.61 Å². The molecule has 13 heavy (non-hydrogen) atoms. The summed E-state index contributed by atoms with van der Waals surface area (Å²) in [5.41, 5.74) is 2.86. The Morgan fingerprint density at radius 3 is 2.62 bits per heavy atom. The van der Waals surface area contributed by atoms with E-state index in [9.17, 15) is 0 Å². The third kappa shape index (κ3) is 3.25. The SMILES string of the molecule is CCOC1CC(CC(CC)NN)C1. The van der Waals surface area contributed by atoms with E-state index in [1.807, 2.05) is 0 Å². The molecule has 0 saturated heterocycles. The Kier molecular flexibility index (Phi) is 4.70. The van der Waals surface area contributed by atoms with Crippen LogP contribution < -0.4 is 11.3 Å². The number of hydrazine groups is 1. The highest BCUT2D eigenvalue weighted by Gasteiger charge is 2.30. The maximum absolute atomic E-state index is 5.51. The highest BCUT2D eigenvalue weighted by Crippen LogP contribution is 2.33. The summed E-state index contributed by atoms with van der Waals surface area (Å²) in [7, 11) is 0. The van der Waals surface area contributed by atoms with Gasteiger partial charge in [-0.1, -0.05) is 6.92 Å². The molecule has 3 heteroatoms. The topological polar surface area (TPSA) is 47.3 Å². The molecule has 1 aliphatic rings. The Balaban J connectivity index is 2.06. The van der Waals surface area contributed by atoms with Crippen LogP contribution in [0.5, 0.6) is 0 Å². The lowest BCUT2D eigenvalue weighted by molar-refractivity contribution is -0.0291. The summed E-state index contributed by atoms with van der Waals surface area (Å²) in [4.78, 5) is 0. The monoisotopic (exact) mass is 186 g/mol. The summed E-state index contributed by atoms with van der Waals surface area (Å²) in [6.07, 6.45) is 5.31. The van der Waals surface area contributed by atoms with Crippen LogP contribution in [-0.2, 0) is 4.74 Å². The first-order chi connectivity index (χ1) is 6.30. The van der Waals surface area contributed by atoms with Gasteiger partial charge in [-0.15, -0.1) is 0 Å². The van der Waals surface area contributed by atoms with Crippen molar-refractivity contribution in [1.29, 1.82) is 0 Å². The fourth-order valence-electron chi connectivity index (χ4n) is 1.99. The van der Waals surface area contributed by atoms with E-state index in [-0.39, 0.29) is 0 Å². The molecule has 0 aromatic heterocycles. The van der Waals surface area contributed by atoms with Crippen LogP contribution in [0.25, 0.3) is 0 Å². The first kappa shape index (κ1) is 11.0. The number of hydrogen-bond acceptors (Lipinski definition) is 3. The Morgan fingerprint density at radius 2 is 2.15 bits per heavy atom. The molecule has 0 aromatic rings. The van der Waals surface area contributed by atoms with Gasteiger partial charge in [-0.3, -0.25) is 11.3 Å². The molecule has 1 saturated carbocycles. The summed E-state index contributed by atoms with van der Waals surface area (Å²) >= 11 is 0. The van der Waals surface area contributed by atoms with Crippen molar-refractivity contribution < 1.29 is 4.74 Å². The molecule has 0 amide bonds. The van der Waals surface area contributed by atoms with E-state index >= 15 is 0 Å². The quantitative estimate of drug-likeness (QED) is 0.487. The third-order valence-corrected chi connectivity index (χ3v) is 2.94. The Labute approximate surface area is 81.0 Å². The van der Waals surface area contributed by atoms with Crippen LogP contribution in [0.3, 0.4) is 0 Å². The zero-order valence-corrected chi connectivity index (χ0v) is 8.75.